The molecule has 1 amide bonds. The Hall–Kier alpha value is -1.66. The number of nitrogens with zero attached hydrogens (tertiary/aromatic N) is 1. The molecular weight excluding hydrogens is 253 g/mol. The third kappa shape index (κ3) is 3.42. The molecule has 0 aromatic heterocycles. The third-order valence-corrected chi connectivity index (χ3v) is 2.92. The van der Waals surface area contributed by atoms with Crippen molar-refractivity contribution in [3.63, 3.8) is 0 Å². The predicted molar refractivity (Wildman–Crippen MR) is 65.2 cm³/mol. The predicted octanol–water partition coefficient (Wildman–Crippen LogP) is 0.556. The average Bonchev–Trinajstić information content (AvgIpc) is 2.46. The van der Waals surface area contributed by atoms with Crippen molar-refractivity contribution in [3.8, 4) is 5.75 Å². The van der Waals surface area contributed by atoms with Gasteiger partial charge >= 0.3 is 0 Å². The van der Waals surface area contributed by atoms with Crippen LogP contribution in [0.1, 0.15) is 5.56 Å². The Bertz CT molecular complexity index is 446. The smallest absolute Gasteiger partial charge is 0.260 e. The van der Waals surface area contributed by atoms with E-state index in [2.05, 4.69) is 0 Å². The summed E-state index contributed by atoms with van der Waals surface area (Å²) in [6.07, 6.45) is 0. The maximum Gasteiger partial charge on any atom is 0.260 e. The Morgan fingerprint density at radius 3 is 2.84 bits per heavy atom. The van der Waals surface area contributed by atoms with E-state index in [4.69, 9.17) is 14.6 Å². The maximum absolute atomic E-state index is 13.5. The second-order valence-corrected chi connectivity index (χ2v) is 4.17. The highest BCUT2D eigenvalue weighted by atomic mass is 19.1. The first kappa shape index (κ1) is 13.8. The molecule has 1 heterocycles. The van der Waals surface area contributed by atoms with Crippen molar-refractivity contribution in [1.29, 1.82) is 0 Å². The number of morpholine rings is 1. The van der Waals surface area contributed by atoms with Gasteiger partial charge in [-0.1, -0.05) is 12.1 Å². The van der Waals surface area contributed by atoms with E-state index in [-0.39, 0.29) is 24.9 Å². The van der Waals surface area contributed by atoms with E-state index in [0.29, 0.717) is 31.9 Å². The summed E-state index contributed by atoms with van der Waals surface area (Å²) in [6.45, 7) is 1.48. The van der Waals surface area contributed by atoms with Crippen molar-refractivity contribution >= 4 is 5.91 Å². The van der Waals surface area contributed by atoms with Crippen LogP contribution in [0.2, 0.25) is 0 Å². The number of hydrogen-bond donors (Lipinski definition) is 1. The highest BCUT2D eigenvalue weighted by Crippen LogP contribution is 2.22. The summed E-state index contributed by atoms with van der Waals surface area (Å²) < 4.78 is 23.9. The lowest BCUT2D eigenvalue weighted by Gasteiger charge is -2.26. The molecule has 0 radical (unpaired) electrons. The van der Waals surface area contributed by atoms with Gasteiger partial charge in [0.1, 0.15) is 0 Å². The molecule has 6 heteroatoms. The molecule has 5 nitrogen and oxygen atoms in total. The number of halogens is 1. The first-order valence-corrected chi connectivity index (χ1v) is 6.09. The topological polar surface area (TPSA) is 59.0 Å². The van der Waals surface area contributed by atoms with Crippen LogP contribution in [0.5, 0.6) is 5.75 Å². The van der Waals surface area contributed by atoms with E-state index >= 15 is 0 Å². The van der Waals surface area contributed by atoms with Gasteiger partial charge in [0.25, 0.3) is 5.91 Å². The van der Waals surface area contributed by atoms with E-state index in [9.17, 15) is 9.18 Å². The highest BCUT2D eigenvalue weighted by Gasteiger charge is 2.18. The number of hydrogen-bond acceptors (Lipinski definition) is 4. The van der Waals surface area contributed by atoms with Crippen LogP contribution in [0.25, 0.3) is 0 Å². The molecule has 1 saturated heterocycles. The largest absolute Gasteiger partial charge is 0.480 e. The Morgan fingerprint density at radius 2 is 2.16 bits per heavy atom. The van der Waals surface area contributed by atoms with Crippen molar-refractivity contribution in [2.24, 2.45) is 0 Å². The number of benzene rings is 1. The number of para-hydroxylation sites is 1. The van der Waals surface area contributed by atoms with E-state index in [1.165, 1.54) is 12.1 Å². The molecule has 0 saturated carbocycles. The second kappa shape index (κ2) is 6.49. The molecule has 104 valence electrons. The summed E-state index contributed by atoms with van der Waals surface area (Å²) in [5, 5.41) is 9.10. The average molecular weight is 269 g/mol. The van der Waals surface area contributed by atoms with Crippen molar-refractivity contribution in [2.45, 2.75) is 6.61 Å². The van der Waals surface area contributed by atoms with Crippen LogP contribution in [0, 0.1) is 5.82 Å². The van der Waals surface area contributed by atoms with Crippen LogP contribution in [-0.4, -0.2) is 48.8 Å². The molecule has 0 unspecified atom stereocenters. The van der Waals surface area contributed by atoms with Crippen molar-refractivity contribution in [1.82, 2.24) is 4.90 Å². The highest BCUT2D eigenvalue weighted by molar-refractivity contribution is 5.77. The normalized spacial score (nSPS) is 15.4. The molecule has 2 rings (SSSR count). The monoisotopic (exact) mass is 269 g/mol. The van der Waals surface area contributed by atoms with Gasteiger partial charge in [0.15, 0.2) is 18.2 Å². The number of rotatable bonds is 4. The molecule has 0 spiro atoms. The van der Waals surface area contributed by atoms with Crippen molar-refractivity contribution in [3.05, 3.63) is 29.6 Å². The second-order valence-electron chi connectivity index (χ2n) is 4.17. The maximum atomic E-state index is 13.5. The summed E-state index contributed by atoms with van der Waals surface area (Å²) in [5.41, 5.74) is 0.328. The van der Waals surface area contributed by atoms with Gasteiger partial charge < -0.3 is 19.5 Å². The number of aliphatic hydroxyl groups excluding tert-OH is 1. The first-order chi connectivity index (χ1) is 9.22. The molecule has 0 atom stereocenters. The third-order valence-electron chi connectivity index (χ3n) is 2.92. The SMILES string of the molecule is O=C(COc1c(F)cccc1CO)N1CCOCC1. The molecule has 1 fully saturated rings. The van der Waals surface area contributed by atoms with Crippen LogP contribution in [0.15, 0.2) is 18.2 Å². The zero-order valence-electron chi connectivity index (χ0n) is 10.5. The van der Waals surface area contributed by atoms with Gasteiger partial charge in [-0.15, -0.1) is 0 Å². The number of carbonyl (C=O) groups excluding carboxylic acids is 1. The molecule has 19 heavy (non-hydrogen) atoms. The minimum atomic E-state index is -0.582. The van der Waals surface area contributed by atoms with Crippen LogP contribution in [-0.2, 0) is 16.1 Å². The van der Waals surface area contributed by atoms with Gasteiger partial charge in [0, 0.05) is 18.7 Å². The van der Waals surface area contributed by atoms with Gasteiger partial charge in [-0.2, -0.15) is 0 Å². The Labute approximate surface area is 110 Å². The summed E-state index contributed by atoms with van der Waals surface area (Å²) in [5.74, 6) is -0.858. The van der Waals surface area contributed by atoms with Gasteiger partial charge in [0.2, 0.25) is 0 Å². The van der Waals surface area contributed by atoms with E-state index in [0.717, 1.165) is 0 Å². The van der Waals surface area contributed by atoms with Crippen LogP contribution in [0.4, 0.5) is 4.39 Å². The number of carbonyl (C=O) groups is 1. The Kier molecular flexibility index (Phi) is 4.70. The lowest BCUT2D eigenvalue weighted by molar-refractivity contribution is -0.137. The Morgan fingerprint density at radius 1 is 1.42 bits per heavy atom. The van der Waals surface area contributed by atoms with Crippen LogP contribution >= 0.6 is 0 Å². The molecule has 1 aliphatic heterocycles. The molecular formula is C13H16FNO4. The van der Waals surface area contributed by atoms with E-state index in [1.54, 1.807) is 11.0 Å². The van der Waals surface area contributed by atoms with Gasteiger partial charge in [-0.05, 0) is 6.07 Å². The quantitative estimate of drug-likeness (QED) is 0.867. The molecule has 0 bridgehead atoms. The molecule has 1 aliphatic rings. The van der Waals surface area contributed by atoms with Crippen molar-refractivity contribution < 1.29 is 23.8 Å². The fraction of sp³-hybridized carbons (Fsp3) is 0.462. The summed E-state index contributed by atoms with van der Waals surface area (Å²) in [4.78, 5) is 13.5. The lowest BCUT2D eigenvalue weighted by Crippen LogP contribution is -2.43. The zero-order chi connectivity index (χ0) is 13.7. The summed E-state index contributed by atoms with van der Waals surface area (Å²) >= 11 is 0. The Balaban J connectivity index is 1.96. The molecule has 1 aromatic rings. The van der Waals surface area contributed by atoms with Gasteiger partial charge in [-0.3, -0.25) is 4.79 Å². The molecule has 1 aromatic carbocycles. The van der Waals surface area contributed by atoms with E-state index in [1.807, 2.05) is 0 Å². The fourth-order valence-corrected chi connectivity index (χ4v) is 1.88. The minimum absolute atomic E-state index is 0.0633. The number of aliphatic hydroxyl groups is 1. The number of ether oxygens (including phenoxy) is 2. The van der Waals surface area contributed by atoms with E-state index < -0.39 is 5.82 Å². The van der Waals surface area contributed by atoms with Gasteiger partial charge in [-0.25, -0.2) is 4.39 Å². The van der Waals surface area contributed by atoms with Crippen LogP contribution in [0.3, 0.4) is 0 Å². The van der Waals surface area contributed by atoms with Gasteiger partial charge in [0.05, 0.1) is 19.8 Å². The molecule has 0 aliphatic carbocycles. The summed E-state index contributed by atoms with van der Waals surface area (Å²) in [7, 11) is 0. The molecule has 1 N–H and O–H groups in total. The van der Waals surface area contributed by atoms with Crippen LogP contribution < -0.4 is 4.74 Å². The fourth-order valence-electron chi connectivity index (χ4n) is 1.88. The number of amides is 1. The summed E-state index contributed by atoms with van der Waals surface area (Å²) in [6, 6.07) is 4.27. The lowest BCUT2D eigenvalue weighted by atomic mass is 10.2. The zero-order valence-corrected chi connectivity index (χ0v) is 10.5. The standard InChI is InChI=1S/C13H16FNO4/c14-11-3-1-2-10(8-16)13(11)19-9-12(17)15-4-6-18-7-5-15/h1-3,16H,4-9H2. The minimum Gasteiger partial charge on any atom is -0.480 e. The first-order valence-electron chi connectivity index (χ1n) is 6.09. The van der Waals surface area contributed by atoms with Crippen molar-refractivity contribution in [2.75, 3.05) is 32.9 Å².